The number of hydrogen-bond donors (Lipinski definition) is 6. The van der Waals surface area contributed by atoms with E-state index in [4.69, 9.17) is 10.5 Å². The van der Waals surface area contributed by atoms with Gasteiger partial charge in [-0.05, 0) is 69.4 Å². The second kappa shape index (κ2) is 18.6. The number of carbonyl (C=O) groups excluding carboxylic acids is 4. The molecule has 16 nitrogen and oxygen atoms in total. The minimum absolute atomic E-state index is 0.00916. The molecule has 5 amide bonds. The van der Waals surface area contributed by atoms with Gasteiger partial charge in [-0.3, -0.25) is 14.4 Å². The molecule has 0 radical (unpaired) electrons. The highest BCUT2D eigenvalue weighted by Crippen LogP contribution is 2.39. The summed E-state index contributed by atoms with van der Waals surface area (Å²) in [6.07, 6.45) is 4.42. The van der Waals surface area contributed by atoms with E-state index in [2.05, 4.69) is 21.3 Å². The molecule has 3 aromatic rings. The van der Waals surface area contributed by atoms with Gasteiger partial charge in [-0.1, -0.05) is 25.0 Å². The van der Waals surface area contributed by atoms with E-state index in [-0.39, 0.29) is 48.6 Å². The summed E-state index contributed by atoms with van der Waals surface area (Å²) in [6.45, 7) is 6.36. The largest absolute Gasteiger partial charge is 0.477 e. The van der Waals surface area contributed by atoms with Crippen LogP contribution in [-0.2, 0) is 27.5 Å². The molecule has 302 valence electrons. The van der Waals surface area contributed by atoms with Gasteiger partial charge in [-0.15, -0.1) is 0 Å². The molecule has 56 heavy (non-hydrogen) atoms. The topological polar surface area (TPSA) is 217 Å². The van der Waals surface area contributed by atoms with Crippen molar-refractivity contribution in [1.29, 1.82) is 0 Å². The first-order valence-electron chi connectivity index (χ1n) is 19.1. The number of carboxylic acid groups (broad SMARTS) is 1. The lowest BCUT2D eigenvalue weighted by Gasteiger charge is -2.35. The molecular formula is C39H51FN8O8. The van der Waals surface area contributed by atoms with Crippen LogP contribution in [0, 0.1) is 11.2 Å². The van der Waals surface area contributed by atoms with E-state index in [9.17, 15) is 33.9 Å². The van der Waals surface area contributed by atoms with E-state index >= 15 is 4.39 Å². The Hall–Kier alpha value is -5.87. The van der Waals surface area contributed by atoms with Gasteiger partial charge in [-0.25, -0.2) is 18.8 Å². The molecule has 1 atom stereocenters. The second-order valence-electron chi connectivity index (χ2n) is 14.1. The molecule has 5 rings (SSSR count). The number of nitrogens with two attached hydrogens (primary N) is 1. The number of amides is 5. The lowest BCUT2D eigenvalue weighted by atomic mass is 9.83. The first kappa shape index (κ1) is 41.3. The Bertz CT molecular complexity index is 1970. The van der Waals surface area contributed by atoms with Crippen LogP contribution in [0.3, 0.4) is 0 Å². The summed E-state index contributed by atoms with van der Waals surface area (Å²) in [6, 6.07) is 8.97. The first-order valence-corrected chi connectivity index (χ1v) is 19.1. The van der Waals surface area contributed by atoms with Gasteiger partial charge in [0.05, 0.1) is 11.2 Å². The fourth-order valence-corrected chi connectivity index (χ4v) is 7.36. The maximum atomic E-state index is 15.3. The summed E-state index contributed by atoms with van der Waals surface area (Å²) in [4.78, 5) is 78.2. The molecule has 0 spiro atoms. The van der Waals surface area contributed by atoms with Crippen LogP contribution in [0.4, 0.5) is 25.4 Å². The number of halogens is 1. The number of hydrogen-bond acceptors (Lipinski definition) is 9. The zero-order chi connectivity index (χ0) is 40.4. The lowest BCUT2D eigenvalue weighted by molar-refractivity contribution is -0.143. The monoisotopic (exact) mass is 778 g/mol. The zero-order valence-corrected chi connectivity index (χ0v) is 31.8. The molecule has 1 unspecified atom stereocenters. The van der Waals surface area contributed by atoms with Crippen LogP contribution in [0.15, 0.2) is 47.4 Å². The predicted octanol–water partition coefficient (Wildman–Crippen LogP) is 3.36. The minimum atomic E-state index is -1.37. The number of aryl methyl sites for hydroxylation is 1. The molecular weight excluding hydrogens is 727 g/mol. The molecule has 0 bridgehead atoms. The average molecular weight is 779 g/mol. The maximum absolute atomic E-state index is 15.3. The fourth-order valence-electron chi connectivity index (χ4n) is 7.36. The Labute approximate surface area is 323 Å². The zero-order valence-electron chi connectivity index (χ0n) is 31.8. The van der Waals surface area contributed by atoms with Crippen LogP contribution in [0.1, 0.15) is 68.3 Å². The molecule has 7 N–H and O–H groups in total. The predicted molar refractivity (Wildman–Crippen MR) is 208 cm³/mol. The van der Waals surface area contributed by atoms with Crippen LogP contribution >= 0.6 is 0 Å². The number of piperazine rings is 1. The standard InChI is InChI=1S/C39H51FN8O8/c1-3-42-35(52)39(13-5-6-14-39)36(53)45-27(8-7-15-43-37(41)54)22-44-26-11-9-25(10-12-26)24-56-38(55)48-18-16-47(17-19-48)32-21-31-28(20-30(32)40)33(49)29(34(50)51)23-46(31)4-2/h9-12,20-21,23,27,44H,3-8,13-19,22,24H2,1-2H3,(H,42,52)(H,45,53)(H,50,51)(H3,41,43,54). The highest BCUT2D eigenvalue weighted by Gasteiger charge is 2.48. The first-order chi connectivity index (χ1) is 26.9. The lowest BCUT2D eigenvalue weighted by Crippen LogP contribution is -2.53. The van der Waals surface area contributed by atoms with Crippen molar-refractivity contribution in [3.63, 3.8) is 0 Å². The Balaban J connectivity index is 1.13. The van der Waals surface area contributed by atoms with E-state index < -0.39 is 40.3 Å². The number of nitrogens with one attached hydrogen (secondary N) is 4. The van der Waals surface area contributed by atoms with Crippen LogP contribution < -0.4 is 37.3 Å². The molecule has 1 saturated carbocycles. The Morgan fingerprint density at radius 2 is 1.68 bits per heavy atom. The van der Waals surface area contributed by atoms with E-state index in [0.29, 0.717) is 70.5 Å². The number of benzene rings is 2. The van der Waals surface area contributed by atoms with Crippen molar-refractivity contribution in [2.24, 2.45) is 11.1 Å². The van der Waals surface area contributed by atoms with Gasteiger partial charge in [0.25, 0.3) is 0 Å². The van der Waals surface area contributed by atoms with Gasteiger partial charge in [0.1, 0.15) is 23.4 Å². The number of nitrogens with zero attached hydrogens (tertiary/aromatic N) is 3. The summed E-state index contributed by atoms with van der Waals surface area (Å²) >= 11 is 0. The minimum Gasteiger partial charge on any atom is -0.477 e. The molecule has 1 aliphatic heterocycles. The van der Waals surface area contributed by atoms with E-state index in [1.165, 1.54) is 6.20 Å². The highest BCUT2D eigenvalue weighted by molar-refractivity contribution is 6.05. The molecule has 2 heterocycles. The molecule has 1 aromatic heterocycles. The number of rotatable bonds is 16. The van der Waals surface area contributed by atoms with Crippen LogP contribution in [0.2, 0.25) is 0 Å². The number of primary amides is 1. The van der Waals surface area contributed by atoms with E-state index in [1.807, 2.05) is 31.2 Å². The Morgan fingerprint density at radius 3 is 2.30 bits per heavy atom. The number of urea groups is 1. The fraction of sp³-hybridized carbons (Fsp3) is 0.487. The Kier molecular flexibility index (Phi) is 13.7. The van der Waals surface area contributed by atoms with E-state index in [1.54, 1.807) is 27.4 Å². The van der Waals surface area contributed by atoms with Crippen LogP contribution in [-0.4, -0.2) is 96.3 Å². The number of anilines is 2. The van der Waals surface area contributed by atoms with Crippen LogP contribution in [0.5, 0.6) is 0 Å². The molecule has 1 aliphatic carbocycles. The number of ether oxygens (including phenoxy) is 1. The van der Waals surface area contributed by atoms with Crippen molar-refractivity contribution in [2.75, 3.05) is 56.0 Å². The van der Waals surface area contributed by atoms with Crippen LogP contribution in [0.25, 0.3) is 10.9 Å². The average Bonchev–Trinajstić information content (AvgIpc) is 3.70. The summed E-state index contributed by atoms with van der Waals surface area (Å²) in [5.41, 5.74) is 5.14. The van der Waals surface area contributed by atoms with E-state index in [0.717, 1.165) is 30.2 Å². The normalized spacial score (nSPS) is 15.6. The third-order valence-corrected chi connectivity index (χ3v) is 10.5. The van der Waals surface area contributed by atoms with Crippen molar-refractivity contribution in [3.8, 4) is 0 Å². The third kappa shape index (κ3) is 9.67. The van der Waals surface area contributed by atoms with Gasteiger partial charge in [0.2, 0.25) is 17.2 Å². The smallest absolute Gasteiger partial charge is 0.410 e. The van der Waals surface area contributed by atoms with Crippen molar-refractivity contribution in [1.82, 2.24) is 25.4 Å². The van der Waals surface area contributed by atoms with Gasteiger partial charge in [0.15, 0.2) is 0 Å². The number of aromatic carboxylic acids is 1. The van der Waals surface area contributed by atoms with Gasteiger partial charge < -0.3 is 51.2 Å². The van der Waals surface area contributed by atoms with Crippen molar-refractivity contribution in [2.45, 2.75) is 71.6 Å². The summed E-state index contributed by atoms with van der Waals surface area (Å²) < 4.78 is 22.5. The van der Waals surface area contributed by atoms with Gasteiger partial charge >= 0.3 is 18.1 Å². The summed E-state index contributed by atoms with van der Waals surface area (Å²) in [5, 5.41) is 21.2. The number of pyridine rings is 1. The molecule has 2 fully saturated rings. The number of aromatic nitrogens is 1. The third-order valence-electron chi connectivity index (χ3n) is 10.5. The van der Waals surface area contributed by atoms with Crippen molar-refractivity contribution in [3.05, 3.63) is 69.8 Å². The number of fused-ring (bicyclic) bond motifs is 1. The van der Waals surface area contributed by atoms with Crippen molar-refractivity contribution < 1.29 is 38.2 Å². The number of carboxylic acids is 1. The Morgan fingerprint density at radius 1 is 0.982 bits per heavy atom. The SMILES string of the molecule is CCNC(=O)C1(C(=O)NC(CCCNC(N)=O)CNc2ccc(COC(=O)N3CCN(c4cc5c(cc4F)c(=O)c(C(=O)O)cn5CC)CC3)cc2)CCCC1. The number of carbonyl (C=O) groups is 5. The van der Waals surface area contributed by atoms with Gasteiger partial charge in [0, 0.05) is 75.7 Å². The molecule has 1 saturated heterocycles. The van der Waals surface area contributed by atoms with Gasteiger partial charge in [-0.2, -0.15) is 0 Å². The molecule has 2 aliphatic rings. The maximum Gasteiger partial charge on any atom is 0.410 e. The molecule has 17 heteroatoms. The summed E-state index contributed by atoms with van der Waals surface area (Å²) in [7, 11) is 0. The highest BCUT2D eigenvalue weighted by atomic mass is 19.1. The second-order valence-corrected chi connectivity index (χ2v) is 14.1. The quantitative estimate of drug-likeness (QED) is 0.0921. The summed E-state index contributed by atoms with van der Waals surface area (Å²) in [5.74, 6) is -2.57. The van der Waals surface area contributed by atoms with Crippen molar-refractivity contribution >= 4 is 52.2 Å². The molecule has 2 aromatic carbocycles.